The van der Waals surface area contributed by atoms with Crippen molar-refractivity contribution in [2.75, 3.05) is 20.7 Å². The molecular formula is C20H34ClN3O3. The van der Waals surface area contributed by atoms with Gasteiger partial charge in [0.05, 0.1) is 7.11 Å². The molecule has 0 aliphatic carbocycles. The Morgan fingerprint density at radius 2 is 1.67 bits per heavy atom. The van der Waals surface area contributed by atoms with Gasteiger partial charge in [0.2, 0.25) is 5.91 Å². The number of nitrogens with zero attached hydrogens (tertiary/aromatic N) is 1. The number of hydrogen-bond acceptors (Lipinski definition) is 4. The third-order valence-electron chi connectivity index (χ3n) is 4.60. The summed E-state index contributed by atoms with van der Waals surface area (Å²) in [4.78, 5) is 26.9. The molecule has 0 saturated heterocycles. The quantitative estimate of drug-likeness (QED) is 0.668. The van der Waals surface area contributed by atoms with E-state index in [2.05, 4.69) is 19.2 Å². The zero-order valence-corrected chi connectivity index (χ0v) is 18.0. The number of nitrogens with one attached hydrogen (secondary N) is 1. The van der Waals surface area contributed by atoms with Crippen molar-refractivity contribution < 1.29 is 14.3 Å². The molecule has 1 aromatic rings. The second-order valence-corrected chi connectivity index (χ2v) is 7.38. The molecule has 0 aliphatic heterocycles. The zero-order chi connectivity index (χ0) is 19.9. The van der Waals surface area contributed by atoms with Crippen LogP contribution >= 0.6 is 12.4 Å². The van der Waals surface area contributed by atoms with E-state index in [1.54, 1.807) is 43.3 Å². The van der Waals surface area contributed by atoms with Crippen LogP contribution in [0, 0.1) is 11.8 Å². The molecule has 1 rings (SSSR count). The number of benzene rings is 1. The van der Waals surface area contributed by atoms with Crippen LogP contribution in [0.15, 0.2) is 24.3 Å². The van der Waals surface area contributed by atoms with Crippen molar-refractivity contribution in [1.29, 1.82) is 0 Å². The van der Waals surface area contributed by atoms with E-state index in [9.17, 15) is 9.59 Å². The van der Waals surface area contributed by atoms with Crippen LogP contribution in [0.2, 0.25) is 0 Å². The highest BCUT2D eigenvalue weighted by atomic mass is 35.5. The van der Waals surface area contributed by atoms with E-state index in [1.807, 2.05) is 13.8 Å². The van der Waals surface area contributed by atoms with Gasteiger partial charge in [-0.1, -0.05) is 27.7 Å². The smallest absolute Gasteiger partial charge is 0.251 e. The number of amides is 2. The molecule has 3 N–H and O–H groups in total. The summed E-state index contributed by atoms with van der Waals surface area (Å²) >= 11 is 0. The molecule has 0 aromatic heterocycles. The van der Waals surface area contributed by atoms with Crippen LogP contribution in [-0.2, 0) is 4.79 Å². The van der Waals surface area contributed by atoms with E-state index in [0.29, 0.717) is 23.8 Å². The van der Waals surface area contributed by atoms with Gasteiger partial charge in [0, 0.05) is 25.2 Å². The highest BCUT2D eigenvalue weighted by Crippen LogP contribution is 2.13. The molecule has 0 saturated carbocycles. The minimum atomic E-state index is -0.579. The van der Waals surface area contributed by atoms with E-state index < -0.39 is 6.04 Å². The minimum absolute atomic E-state index is 0. The van der Waals surface area contributed by atoms with Crippen LogP contribution in [0.25, 0.3) is 0 Å². The van der Waals surface area contributed by atoms with Crippen molar-refractivity contribution in [2.24, 2.45) is 17.6 Å². The number of nitrogens with two attached hydrogens (primary N) is 1. The molecule has 154 valence electrons. The Morgan fingerprint density at radius 3 is 2.11 bits per heavy atom. The van der Waals surface area contributed by atoms with Gasteiger partial charge in [0.15, 0.2) is 0 Å². The third kappa shape index (κ3) is 7.77. The number of ether oxygens (including phenoxy) is 1. The van der Waals surface area contributed by atoms with Gasteiger partial charge in [-0.2, -0.15) is 0 Å². The topological polar surface area (TPSA) is 84.7 Å². The van der Waals surface area contributed by atoms with Crippen LogP contribution < -0.4 is 15.8 Å². The largest absolute Gasteiger partial charge is 0.497 e. The second-order valence-electron chi connectivity index (χ2n) is 7.38. The molecule has 0 bridgehead atoms. The molecule has 0 aliphatic rings. The van der Waals surface area contributed by atoms with Gasteiger partial charge in [0.25, 0.3) is 5.91 Å². The Balaban J connectivity index is 0.00000676. The number of methoxy groups -OCH3 is 1. The molecule has 0 fully saturated rings. The average Bonchev–Trinajstić information content (AvgIpc) is 2.62. The van der Waals surface area contributed by atoms with Crippen LogP contribution in [-0.4, -0.2) is 49.5 Å². The first-order valence-corrected chi connectivity index (χ1v) is 9.12. The number of halogens is 1. The van der Waals surface area contributed by atoms with Crippen molar-refractivity contribution in [1.82, 2.24) is 10.2 Å². The zero-order valence-electron chi connectivity index (χ0n) is 17.2. The highest BCUT2D eigenvalue weighted by Gasteiger charge is 2.27. The van der Waals surface area contributed by atoms with Gasteiger partial charge in [-0.15, -0.1) is 12.4 Å². The van der Waals surface area contributed by atoms with Crippen molar-refractivity contribution in [3.05, 3.63) is 29.8 Å². The monoisotopic (exact) mass is 399 g/mol. The average molecular weight is 400 g/mol. The first kappa shape index (κ1) is 25.2. The lowest BCUT2D eigenvalue weighted by atomic mass is 10.00. The molecule has 0 heterocycles. The second kappa shape index (κ2) is 11.8. The predicted molar refractivity (Wildman–Crippen MR) is 111 cm³/mol. The summed E-state index contributed by atoms with van der Waals surface area (Å²) in [5, 5.41) is 2.86. The Labute approximate surface area is 169 Å². The maximum absolute atomic E-state index is 12.8. The number of rotatable bonds is 9. The fraction of sp³-hybridized carbons (Fsp3) is 0.600. The van der Waals surface area contributed by atoms with E-state index >= 15 is 0 Å². The van der Waals surface area contributed by atoms with Gasteiger partial charge in [0.1, 0.15) is 11.8 Å². The predicted octanol–water partition coefficient (Wildman–Crippen LogP) is 2.70. The number of carbonyl (C=O) groups excluding carboxylic acids is 2. The van der Waals surface area contributed by atoms with E-state index in [1.165, 1.54) is 0 Å². The number of carbonyl (C=O) groups is 2. The third-order valence-corrected chi connectivity index (χ3v) is 4.60. The Hall–Kier alpha value is -1.79. The van der Waals surface area contributed by atoms with Gasteiger partial charge in [-0.05, 0) is 42.5 Å². The summed E-state index contributed by atoms with van der Waals surface area (Å²) in [5.74, 6) is 0.657. The molecule has 7 heteroatoms. The SMILES string of the molecule is COc1ccc(C(=O)NC(C(=O)N(C)CCC(N)C(C)C)C(C)C)cc1.Cl. The highest BCUT2D eigenvalue weighted by molar-refractivity contribution is 5.97. The summed E-state index contributed by atoms with van der Waals surface area (Å²) in [6.07, 6.45) is 0.733. The van der Waals surface area contributed by atoms with Crippen molar-refractivity contribution >= 4 is 24.2 Å². The van der Waals surface area contributed by atoms with Gasteiger partial charge in [-0.3, -0.25) is 9.59 Å². The molecule has 1 aromatic carbocycles. The molecular weight excluding hydrogens is 366 g/mol. The van der Waals surface area contributed by atoms with E-state index in [4.69, 9.17) is 10.5 Å². The summed E-state index contributed by atoms with van der Waals surface area (Å²) in [6, 6.07) is 6.28. The summed E-state index contributed by atoms with van der Waals surface area (Å²) in [7, 11) is 3.33. The molecule has 0 radical (unpaired) electrons. The Morgan fingerprint density at radius 1 is 1.11 bits per heavy atom. The Kier molecular flexibility index (Phi) is 11.0. The maximum Gasteiger partial charge on any atom is 0.251 e. The molecule has 27 heavy (non-hydrogen) atoms. The first-order chi connectivity index (χ1) is 12.2. The van der Waals surface area contributed by atoms with Crippen molar-refractivity contribution in [3.63, 3.8) is 0 Å². The standard InChI is InChI=1S/C20H33N3O3.ClH/c1-13(2)17(21)11-12-23(5)20(25)18(14(3)4)22-19(24)15-7-9-16(26-6)10-8-15;/h7-10,13-14,17-18H,11-12,21H2,1-6H3,(H,22,24);1H. The normalized spacial score (nSPS) is 12.9. The van der Waals surface area contributed by atoms with E-state index in [0.717, 1.165) is 6.42 Å². The minimum Gasteiger partial charge on any atom is -0.497 e. The summed E-state index contributed by atoms with van der Waals surface area (Å²) in [6.45, 7) is 8.55. The van der Waals surface area contributed by atoms with Crippen LogP contribution in [0.4, 0.5) is 0 Å². The maximum atomic E-state index is 12.8. The van der Waals surface area contributed by atoms with Gasteiger partial charge in [-0.25, -0.2) is 0 Å². The lowest BCUT2D eigenvalue weighted by molar-refractivity contribution is -0.133. The first-order valence-electron chi connectivity index (χ1n) is 9.12. The molecule has 2 unspecified atom stereocenters. The lowest BCUT2D eigenvalue weighted by Crippen LogP contribution is -2.50. The number of likely N-dealkylation sites (N-methyl/N-ethyl adjacent to an activating group) is 1. The molecule has 2 atom stereocenters. The van der Waals surface area contributed by atoms with Gasteiger partial charge < -0.3 is 20.7 Å². The fourth-order valence-corrected chi connectivity index (χ4v) is 2.50. The molecule has 0 spiro atoms. The van der Waals surface area contributed by atoms with Crippen molar-refractivity contribution in [2.45, 2.75) is 46.2 Å². The van der Waals surface area contributed by atoms with Gasteiger partial charge >= 0.3 is 0 Å². The van der Waals surface area contributed by atoms with E-state index in [-0.39, 0.29) is 36.2 Å². The van der Waals surface area contributed by atoms with Crippen LogP contribution in [0.1, 0.15) is 44.5 Å². The lowest BCUT2D eigenvalue weighted by Gasteiger charge is -2.28. The molecule has 2 amide bonds. The van der Waals surface area contributed by atoms with Crippen LogP contribution in [0.5, 0.6) is 5.75 Å². The van der Waals surface area contributed by atoms with Crippen LogP contribution in [0.3, 0.4) is 0 Å². The summed E-state index contributed by atoms with van der Waals surface area (Å²) in [5.41, 5.74) is 6.56. The molecule has 6 nitrogen and oxygen atoms in total. The summed E-state index contributed by atoms with van der Waals surface area (Å²) < 4.78 is 5.10. The number of hydrogen-bond donors (Lipinski definition) is 2. The Bertz CT molecular complexity index is 591. The van der Waals surface area contributed by atoms with Crippen molar-refractivity contribution in [3.8, 4) is 5.75 Å². The fourth-order valence-electron chi connectivity index (χ4n) is 2.50.